The first-order chi connectivity index (χ1) is 7.51. The summed E-state index contributed by atoms with van der Waals surface area (Å²) in [5, 5.41) is 2.34. The van der Waals surface area contributed by atoms with Crippen molar-refractivity contribution < 1.29 is 23.9 Å². The summed E-state index contributed by atoms with van der Waals surface area (Å²) in [5.41, 5.74) is 0. The van der Waals surface area contributed by atoms with Crippen molar-refractivity contribution in [1.82, 2.24) is 5.32 Å². The summed E-state index contributed by atoms with van der Waals surface area (Å²) in [7, 11) is 2.44. The van der Waals surface area contributed by atoms with Gasteiger partial charge in [0.1, 0.15) is 11.8 Å². The van der Waals surface area contributed by atoms with Crippen LogP contribution in [0.4, 0.5) is 4.79 Å². The van der Waals surface area contributed by atoms with Crippen molar-refractivity contribution in [3.63, 3.8) is 0 Å². The maximum atomic E-state index is 11.3. The van der Waals surface area contributed by atoms with Gasteiger partial charge in [-0.1, -0.05) is 0 Å². The second-order valence-electron chi connectivity index (χ2n) is 3.31. The van der Waals surface area contributed by atoms with Crippen LogP contribution in [-0.2, 0) is 19.1 Å². The van der Waals surface area contributed by atoms with E-state index in [1.54, 1.807) is 0 Å². The summed E-state index contributed by atoms with van der Waals surface area (Å²) in [6.07, 6.45) is 0.537. The molecule has 1 unspecified atom stereocenters. The average Bonchev–Trinajstić information content (AvgIpc) is 2.25. The molecule has 1 amide bonds. The normalized spacial score (nSPS) is 11.4. The second kappa shape index (κ2) is 7.67. The molecule has 16 heavy (non-hydrogen) atoms. The number of ether oxygens (including phenoxy) is 2. The van der Waals surface area contributed by atoms with Gasteiger partial charge in [0.05, 0.1) is 14.2 Å². The Balaban J connectivity index is 4.15. The minimum atomic E-state index is -0.767. The van der Waals surface area contributed by atoms with Crippen LogP contribution in [0.25, 0.3) is 0 Å². The van der Waals surface area contributed by atoms with Crippen LogP contribution >= 0.6 is 0 Å². The number of nitrogens with one attached hydrogen (secondary N) is 1. The molecule has 0 aromatic heterocycles. The Kier molecular flexibility index (Phi) is 6.91. The molecule has 0 aromatic rings. The average molecular weight is 231 g/mol. The van der Waals surface area contributed by atoms with Gasteiger partial charge in [-0.25, -0.2) is 9.59 Å². The molecule has 1 N–H and O–H groups in total. The molecule has 0 spiro atoms. The van der Waals surface area contributed by atoms with Crippen LogP contribution in [0.3, 0.4) is 0 Å². The lowest BCUT2D eigenvalue weighted by molar-refractivity contribution is -0.143. The number of methoxy groups -OCH3 is 2. The number of carbonyl (C=O) groups excluding carboxylic acids is 3. The van der Waals surface area contributed by atoms with E-state index in [4.69, 9.17) is 0 Å². The fraction of sp³-hybridized carbons (Fsp3) is 0.700. The molecular formula is C10H17NO5. The van der Waals surface area contributed by atoms with Crippen molar-refractivity contribution in [3.05, 3.63) is 0 Å². The number of hydrogen-bond acceptors (Lipinski definition) is 5. The molecule has 0 saturated heterocycles. The largest absolute Gasteiger partial charge is 0.467 e. The number of hydrogen-bond donors (Lipinski definition) is 1. The van der Waals surface area contributed by atoms with E-state index in [1.807, 2.05) is 0 Å². The van der Waals surface area contributed by atoms with Crippen molar-refractivity contribution >= 4 is 17.8 Å². The number of esters is 1. The number of amides is 1. The molecule has 0 rings (SSSR count). The van der Waals surface area contributed by atoms with E-state index in [1.165, 1.54) is 21.1 Å². The lowest BCUT2D eigenvalue weighted by atomic mass is 10.1. The number of Topliss-reactive ketones (excluding diaryl/α,β-unsaturated/α-hetero) is 1. The second-order valence-corrected chi connectivity index (χ2v) is 3.31. The zero-order valence-electron chi connectivity index (χ0n) is 9.74. The Hall–Kier alpha value is -1.59. The zero-order valence-corrected chi connectivity index (χ0v) is 9.74. The summed E-state index contributed by atoms with van der Waals surface area (Å²) in [6.45, 7) is 1.47. The highest BCUT2D eigenvalue weighted by molar-refractivity contribution is 5.81. The SMILES string of the molecule is COC(=O)NC(CCCC(C)=O)C(=O)OC. The highest BCUT2D eigenvalue weighted by atomic mass is 16.5. The van der Waals surface area contributed by atoms with Crippen molar-refractivity contribution in [1.29, 1.82) is 0 Å². The number of ketones is 1. The molecule has 1 atom stereocenters. The number of rotatable bonds is 6. The minimum absolute atomic E-state index is 0.0432. The van der Waals surface area contributed by atoms with Gasteiger partial charge in [0, 0.05) is 6.42 Å². The van der Waals surface area contributed by atoms with E-state index in [-0.39, 0.29) is 5.78 Å². The Bertz CT molecular complexity index is 264. The summed E-state index contributed by atoms with van der Waals surface area (Å²) < 4.78 is 8.90. The summed E-state index contributed by atoms with van der Waals surface area (Å²) in [5.74, 6) is -0.504. The van der Waals surface area contributed by atoms with E-state index < -0.39 is 18.1 Å². The fourth-order valence-electron chi connectivity index (χ4n) is 1.15. The number of carbonyl (C=O) groups is 3. The topological polar surface area (TPSA) is 81.7 Å². The molecule has 0 aliphatic heterocycles. The van der Waals surface area contributed by atoms with Crippen LogP contribution in [0.2, 0.25) is 0 Å². The first-order valence-electron chi connectivity index (χ1n) is 4.93. The minimum Gasteiger partial charge on any atom is -0.467 e. The highest BCUT2D eigenvalue weighted by Gasteiger charge is 2.21. The maximum absolute atomic E-state index is 11.3. The summed E-state index contributed by atoms with van der Waals surface area (Å²) in [6, 6.07) is -0.767. The Morgan fingerprint density at radius 1 is 1.19 bits per heavy atom. The molecule has 0 saturated carbocycles. The van der Waals surface area contributed by atoms with Crippen LogP contribution in [0.1, 0.15) is 26.2 Å². The zero-order chi connectivity index (χ0) is 12.6. The third-order valence-corrected chi connectivity index (χ3v) is 1.98. The molecule has 0 aliphatic carbocycles. The Morgan fingerprint density at radius 3 is 2.25 bits per heavy atom. The molecule has 0 radical (unpaired) electrons. The smallest absolute Gasteiger partial charge is 0.407 e. The third-order valence-electron chi connectivity index (χ3n) is 1.98. The van der Waals surface area contributed by atoms with Gasteiger partial charge in [0.25, 0.3) is 0 Å². The van der Waals surface area contributed by atoms with Crippen LogP contribution in [-0.4, -0.2) is 38.1 Å². The van der Waals surface area contributed by atoms with Gasteiger partial charge in [-0.3, -0.25) is 0 Å². The molecule has 0 heterocycles. The first-order valence-corrected chi connectivity index (χ1v) is 4.93. The summed E-state index contributed by atoms with van der Waals surface area (Å²) >= 11 is 0. The van der Waals surface area contributed by atoms with Gasteiger partial charge >= 0.3 is 12.1 Å². The van der Waals surface area contributed by atoms with Gasteiger partial charge in [0.15, 0.2) is 0 Å². The van der Waals surface area contributed by atoms with Gasteiger partial charge in [0.2, 0.25) is 0 Å². The Morgan fingerprint density at radius 2 is 1.81 bits per heavy atom. The van der Waals surface area contributed by atoms with E-state index in [9.17, 15) is 14.4 Å². The lowest BCUT2D eigenvalue weighted by Crippen LogP contribution is -2.41. The molecule has 0 bridgehead atoms. The Labute approximate surface area is 94.3 Å². The van der Waals surface area contributed by atoms with Gasteiger partial charge in [-0.2, -0.15) is 0 Å². The van der Waals surface area contributed by atoms with Gasteiger partial charge in [-0.05, 0) is 19.8 Å². The maximum Gasteiger partial charge on any atom is 0.407 e. The number of alkyl carbamates (subject to hydrolysis) is 1. The van der Waals surface area contributed by atoms with E-state index in [0.717, 1.165) is 0 Å². The molecular weight excluding hydrogens is 214 g/mol. The summed E-state index contributed by atoms with van der Waals surface area (Å²) in [4.78, 5) is 32.9. The monoisotopic (exact) mass is 231 g/mol. The quantitative estimate of drug-likeness (QED) is 0.678. The molecule has 0 fully saturated rings. The van der Waals surface area contributed by atoms with Gasteiger partial charge < -0.3 is 19.6 Å². The molecule has 0 aromatic carbocycles. The van der Waals surface area contributed by atoms with Crippen LogP contribution in [0, 0.1) is 0 Å². The van der Waals surface area contributed by atoms with Crippen molar-refractivity contribution in [2.45, 2.75) is 32.2 Å². The fourth-order valence-corrected chi connectivity index (χ4v) is 1.15. The van der Waals surface area contributed by atoms with Gasteiger partial charge in [-0.15, -0.1) is 0 Å². The van der Waals surface area contributed by atoms with Crippen LogP contribution in [0.5, 0.6) is 0 Å². The third kappa shape index (κ3) is 6.00. The van der Waals surface area contributed by atoms with E-state index >= 15 is 0 Å². The lowest BCUT2D eigenvalue weighted by Gasteiger charge is -2.14. The van der Waals surface area contributed by atoms with Crippen molar-refractivity contribution in [2.75, 3.05) is 14.2 Å². The molecule has 92 valence electrons. The van der Waals surface area contributed by atoms with Crippen molar-refractivity contribution in [2.24, 2.45) is 0 Å². The van der Waals surface area contributed by atoms with Crippen LogP contribution in [0.15, 0.2) is 0 Å². The van der Waals surface area contributed by atoms with E-state index in [0.29, 0.717) is 19.3 Å². The molecule has 6 heteroatoms. The molecule has 0 aliphatic rings. The van der Waals surface area contributed by atoms with Crippen LogP contribution < -0.4 is 5.32 Å². The first kappa shape index (κ1) is 14.4. The molecule has 6 nitrogen and oxygen atoms in total. The standard InChI is InChI=1S/C10H17NO5/c1-7(12)5-4-6-8(9(13)15-2)11-10(14)16-3/h8H,4-6H2,1-3H3,(H,11,14). The predicted octanol–water partition coefficient (Wildman–Crippen LogP) is 0.643. The predicted molar refractivity (Wildman–Crippen MR) is 55.9 cm³/mol. The van der Waals surface area contributed by atoms with Crippen molar-refractivity contribution in [3.8, 4) is 0 Å². The highest BCUT2D eigenvalue weighted by Crippen LogP contribution is 2.03. The van der Waals surface area contributed by atoms with E-state index in [2.05, 4.69) is 14.8 Å².